The fourth-order valence-corrected chi connectivity index (χ4v) is 1.56. The third-order valence-electron chi connectivity index (χ3n) is 2.06. The Morgan fingerprint density at radius 3 is 2.88 bits per heavy atom. The zero-order valence-electron chi connectivity index (χ0n) is 8.20. The molecule has 0 amide bonds. The largest absolute Gasteiger partial charge is 0.464 e. The van der Waals surface area contributed by atoms with E-state index in [1.54, 1.807) is 6.07 Å². The van der Waals surface area contributed by atoms with Gasteiger partial charge in [-0.05, 0) is 6.07 Å². The summed E-state index contributed by atoms with van der Waals surface area (Å²) in [5.74, 6) is -1.24. The van der Waals surface area contributed by atoms with Gasteiger partial charge in [0.25, 0.3) is 0 Å². The number of carbonyl (C=O) groups excluding carboxylic acids is 1. The number of aromatic nitrogens is 2. The molecule has 0 radical (unpaired) electrons. The zero-order chi connectivity index (χ0) is 11.7. The summed E-state index contributed by atoms with van der Waals surface area (Å²) in [6.45, 7) is 0. The molecule has 0 aliphatic rings. The number of hydrogen-bond acceptors (Lipinski definition) is 4. The molecule has 1 aromatic heterocycles. The molecule has 0 N–H and O–H groups in total. The Kier molecular flexibility index (Phi) is 2.70. The zero-order valence-corrected chi connectivity index (χ0v) is 8.95. The molecular formula is C10H6ClFN2O2. The lowest BCUT2D eigenvalue weighted by Gasteiger charge is -2.04. The molecule has 4 nitrogen and oxygen atoms in total. The standard InChI is InChI=1S/C10H6ClFN2O2/c1-16-10(15)9-7(11)5-3-2-4-6(12)8(5)13-14-9/h2-4H,1H3. The Labute approximate surface area is 95.0 Å². The van der Waals surface area contributed by atoms with Gasteiger partial charge in [0.05, 0.1) is 12.1 Å². The van der Waals surface area contributed by atoms with E-state index in [2.05, 4.69) is 14.9 Å². The second-order valence-electron chi connectivity index (χ2n) is 2.99. The predicted molar refractivity (Wildman–Crippen MR) is 55.8 cm³/mol. The van der Waals surface area contributed by atoms with Crippen molar-refractivity contribution >= 4 is 28.5 Å². The van der Waals surface area contributed by atoms with E-state index >= 15 is 0 Å². The summed E-state index contributed by atoms with van der Waals surface area (Å²) in [6, 6.07) is 4.28. The number of nitrogens with zero attached hydrogens (tertiary/aromatic N) is 2. The maximum absolute atomic E-state index is 13.3. The van der Waals surface area contributed by atoms with Gasteiger partial charge in [0, 0.05) is 5.39 Å². The number of rotatable bonds is 1. The van der Waals surface area contributed by atoms with Crippen LogP contribution in [0.25, 0.3) is 10.9 Å². The average Bonchev–Trinajstić information content (AvgIpc) is 2.30. The number of benzene rings is 1. The van der Waals surface area contributed by atoms with Crippen LogP contribution in [-0.2, 0) is 4.74 Å². The first kappa shape index (κ1) is 10.8. The molecule has 16 heavy (non-hydrogen) atoms. The van der Waals surface area contributed by atoms with E-state index in [0.29, 0.717) is 5.39 Å². The highest BCUT2D eigenvalue weighted by atomic mass is 35.5. The number of halogens is 2. The molecule has 0 saturated carbocycles. The highest BCUT2D eigenvalue weighted by Crippen LogP contribution is 2.25. The molecule has 0 aliphatic carbocycles. The first-order valence-electron chi connectivity index (χ1n) is 4.34. The van der Waals surface area contributed by atoms with Crippen molar-refractivity contribution < 1.29 is 13.9 Å². The van der Waals surface area contributed by atoms with Gasteiger partial charge in [0.2, 0.25) is 0 Å². The van der Waals surface area contributed by atoms with E-state index < -0.39 is 11.8 Å². The van der Waals surface area contributed by atoms with E-state index in [9.17, 15) is 9.18 Å². The Balaban J connectivity index is 2.75. The highest BCUT2D eigenvalue weighted by Gasteiger charge is 2.17. The van der Waals surface area contributed by atoms with Crippen LogP contribution in [0.4, 0.5) is 4.39 Å². The molecule has 0 spiro atoms. The van der Waals surface area contributed by atoms with E-state index in [-0.39, 0.29) is 16.2 Å². The van der Waals surface area contributed by atoms with Crippen LogP contribution in [0.5, 0.6) is 0 Å². The molecule has 0 atom stereocenters. The SMILES string of the molecule is COC(=O)c1nnc2c(F)cccc2c1Cl. The minimum Gasteiger partial charge on any atom is -0.464 e. The van der Waals surface area contributed by atoms with Crippen LogP contribution < -0.4 is 0 Å². The van der Waals surface area contributed by atoms with Crippen LogP contribution in [0.2, 0.25) is 5.02 Å². The fourth-order valence-electron chi connectivity index (χ4n) is 1.29. The van der Waals surface area contributed by atoms with Crippen molar-refractivity contribution in [3.8, 4) is 0 Å². The third kappa shape index (κ3) is 1.59. The smallest absolute Gasteiger partial charge is 0.360 e. The van der Waals surface area contributed by atoms with Crippen molar-refractivity contribution in [1.29, 1.82) is 0 Å². The summed E-state index contributed by atoms with van der Waals surface area (Å²) in [7, 11) is 1.20. The van der Waals surface area contributed by atoms with Gasteiger partial charge in [-0.1, -0.05) is 23.7 Å². The van der Waals surface area contributed by atoms with Crippen molar-refractivity contribution in [2.45, 2.75) is 0 Å². The third-order valence-corrected chi connectivity index (χ3v) is 2.44. The first-order chi connectivity index (χ1) is 7.65. The lowest BCUT2D eigenvalue weighted by Crippen LogP contribution is -2.07. The van der Waals surface area contributed by atoms with Crippen LogP contribution in [0.1, 0.15) is 10.5 Å². The molecule has 0 fully saturated rings. The lowest BCUT2D eigenvalue weighted by molar-refractivity contribution is 0.0593. The maximum atomic E-state index is 13.3. The van der Waals surface area contributed by atoms with Crippen molar-refractivity contribution in [2.75, 3.05) is 7.11 Å². The van der Waals surface area contributed by atoms with Gasteiger partial charge in [-0.15, -0.1) is 10.2 Å². The average molecular weight is 241 g/mol. The summed E-state index contributed by atoms with van der Waals surface area (Å²) in [4.78, 5) is 11.3. The number of hydrogen-bond donors (Lipinski definition) is 0. The van der Waals surface area contributed by atoms with Gasteiger partial charge in [-0.25, -0.2) is 9.18 Å². The molecule has 1 aromatic carbocycles. The van der Waals surface area contributed by atoms with Crippen LogP contribution >= 0.6 is 11.6 Å². The van der Waals surface area contributed by atoms with Crippen LogP contribution in [0.15, 0.2) is 18.2 Å². The molecule has 0 saturated heterocycles. The number of esters is 1. The summed E-state index contributed by atoms with van der Waals surface area (Å²) in [5.41, 5.74) is -0.0950. The molecule has 2 aromatic rings. The van der Waals surface area contributed by atoms with Gasteiger partial charge < -0.3 is 4.74 Å². The Bertz CT molecular complexity index is 574. The first-order valence-corrected chi connectivity index (χ1v) is 4.71. The monoisotopic (exact) mass is 240 g/mol. The highest BCUT2D eigenvalue weighted by molar-refractivity contribution is 6.37. The van der Waals surface area contributed by atoms with Crippen LogP contribution in [0, 0.1) is 5.82 Å². The van der Waals surface area contributed by atoms with Crippen LogP contribution in [-0.4, -0.2) is 23.3 Å². The lowest BCUT2D eigenvalue weighted by atomic mass is 10.2. The normalized spacial score (nSPS) is 10.4. The topological polar surface area (TPSA) is 52.1 Å². The minimum absolute atomic E-state index is 0.0279. The van der Waals surface area contributed by atoms with E-state index in [1.165, 1.54) is 19.2 Å². The van der Waals surface area contributed by atoms with E-state index in [1.807, 2.05) is 0 Å². The minimum atomic E-state index is -0.705. The van der Waals surface area contributed by atoms with Crippen molar-refractivity contribution in [2.24, 2.45) is 0 Å². The fraction of sp³-hybridized carbons (Fsp3) is 0.100. The number of ether oxygens (including phenoxy) is 1. The Morgan fingerprint density at radius 2 is 2.19 bits per heavy atom. The van der Waals surface area contributed by atoms with Crippen molar-refractivity contribution in [1.82, 2.24) is 10.2 Å². The quantitative estimate of drug-likeness (QED) is 0.717. The summed E-state index contributed by atoms with van der Waals surface area (Å²) >= 11 is 5.92. The number of methoxy groups -OCH3 is 1. The molecule has 2 rings (SSSR count). The van der Waals surface area contributed by atoms with Gasteiger partial charge in [0.1, 0.15) is 5.52 Å². The van der Waals surface area contributed by atoms with Crippen molar-refractivity contribution in [3.05, 3.63) is 34.7 Å². The molecule has 1 heterocycles. The Morgan fingerprint density at radius 1 is 1.44 bits per heavy atom. The van der Waals surface area contributed by atoms with E-state index in [4.69, 9.17) is 11.6 Å². The van der Waals surface area contributed by atoms with E-state index in [0.717, 1.165) is 0 Å². The van der Waals surface area contributed by atoms with Gasteiger partial charge in [-0.3, -0.25) is 0 Å². The van der Waals surface area contributed by atoms with Gasteiger partial charge in [0.15, 0.2) is 11.5 Å². The molecule has 0 bridgehead atoms. The second-order valence-corrected chi connectivity index (χ2v) is 3.37. The van der Waals surface area contributed by atoms with Gasteiger partial charge >= 0.3 is 5.97 Å². The Hall–Kier alpha value is -1.75. The predicted octanol–water partition coefficient (Wildman–Crippen LogP) is 2.21. The summed E-state index contributed by atoms with van der Waals surface area (Å²) in [6.07, 6.45) is 0. The van der Waals surface area contributed by atoms with Gasteiger partial charge in [-0.2, -0.15) is 0 Å². The molecule has 0 unspecified atom stereocenters. The number of fused-ring (bicyclic) bond motifs is 1. The summed E-state index contributed by atoms with van der Waals surface area (Å²) < 4.78 is 17.8. The van der Waals surface area contributed by atoms with Crippen LogP contribution in [0.3, 0.4) is 0 Å². The van der Waals surface area contributed by atoms with Crippen molar-refractivity contribution in [3.63, 3.8) is 0 Å². The maximum Gasteiger partial charge on any atom is 0.360 e. The second kappa shape index (κ2) is 4.02. The molecular weight excluding hydrogens is 235 g/mol. The molecule has 82 valence electrons. The molecule has 6 heteroatoms. The summed E-state index contributed by atoms with van der Waals surface area (Å²) in [5, 5.41) is 7.51. The number of carbonyl (C=O) groups is 1. The molecule has 0 aliphatic heterocycles.